The molecule has 0 unspecified atom stereocenters. The maximum absolute atomic E-state index is 4.08. The molecule has 0 saturated carbocycles. The van der Waals surface area contributed by atoms with E-state index in [1.54, 1.807) is 0 Å². The highest BCUT2D eigenvalue weighted by atomic mass is 127. The third-order valence-corrected chi connectivity index (χ3v) is 1.67. The lowest BCUT2D eigenvalue weighted by Crippen LogP contribution is -2.11. The molecule has 0 spiro atoms. The van der Waals surface area contributed by atoms with E-state index in [9.17, 15) is 0 Å². The van der Waals surface area contributed by atoms with Gasteiger partial charge in [0.05, 0.1) is 6.67 Å². The minimum atomic E-state index is 0.824. The summed E-state index contributed by atoms with van der Waals surface area (Å²) in [6.45, 7) is 6.06. The fourth-order valence-corrected chi connectivity index (χ4v) is 1.14. The van der Waals surface area contributed by atoms with Crippen LogP contribution in [0.3, 0.4) is 0 Å². The van der Waals surface area contributed by atoms with Gasteiger partial charge in [-0.05, 0) is 19.6 Å². The Morgan fingerprint density at radius 3 is 2.78 bits per heavy atom. The summed E-state index contributed by atoms with van der Waals surface area (Å²) < 4.78 is 2.16. The minimum Gasteiger partial charge on any atom is -0.281 e. The van der Waals surface area contributed by atoms with Gasteiger partial charge in [-0.2, -0.15) is 0 Å². The molecule has 0 radical (unpaired) electrons. The summed E-state index contributed by atoms with van der Waals surface area (Å²) in [4.78, 5) is 4.08. The summed E-state index contributed by atoms with van der Waals surface area (Å²) in [5.74, 6) is 0. The van der Waals surface area contributed by atoms with E-state index in [0.717, 1.165) is 13.2 Å². The van der Waals surface area contributed by atoms with E-state index in [1.807, 2.05) is 13.1 Å². The number of halogens is 1. The van der Waals surface area contributed by atoms with Crippen LogP contribution < -0.4 is 0 Å². The van der Waals surface area contributed by atoms with Gasteiger partial charge in [-0.1, -0.05) is 6.92 Å². The van der Waals surface area contributed by atoms with Crippen molar-refractivity contribution in [2.24, 2.45) is 4.99 Å². The van der Waals surface area contributed by atoms with E-state index in [-0.39, 0.29) is 0 Å². The van der Waals surface area contributed by atoms with Crippen molar-refractivity contribution >= 4 is 29.1 Å². The highest BCUT2D eigenvalue weighted by molar-refractivity contribution is 14.1. The third-order valence-electron chi connectivity index (χ3n) is 0.884. The van der Waals surface area contributed by atoms with E-state index >= 15 is 0 Å². The zero-order valence-corrected chi connectivity index (χ0v) is 8.13. The molecule has 2 nitrogen and oxygen atoms in total. The van der Waals surface area contributed by atoms with Crippen molar-refractivity contribution < 1.29 is 0 Å². The smallest absolute Gasteiger partial charge is 0.0990 e. The average molecular weight is 240 g/mol. The molecule has 0 heterocycles. The zero-order valence-electron chi connectivity index (χ0n) is 5.97. The second kappa shape index (κ2) is 6.48. The molecule has 0 rings (SSSR count). The van der Waals surface area contributed by atoms with Crippen molar-refractivity contribution in [2.45, 2.75) is 20.3 Å². The summed E-state index contributed by atoms with van der Waals surface area (Å²) in [6, 6.07) is 0. The van der Waals surface area contributed by atoms with Crippen LogP contribution in [-0.2, 0) is 0 Å². The maximum atomic E-state index is 4.08. The summed E-state index contributed by atoms with van der Waals surface area (Å²) in [5, 5.41) is 0. The Bertz CT molecular complexity index is 83.1. The van der Waals surface area contributed by atoms with E-state index < -0.39 is 0 Å². The van der Waals surface area contributed by atoms with Gasteiger partial charge in [0, 0.05) is 29.4 Å². The molecule has 0 fully saturated rings. The summed E-state index contributed by atoms with van der Waals surface area (Å²) in [7, 11) is 0. The highest BCUT2D eigenvalue weighted by Gasteiger charge is 1.92. The normalized spacial score (nSPS) is 11.6. The lowest BCUT2D eigenvalue weighted by Gasteiger charge is -2.07. The minimum absolute atomic E-state index is 0.824. The number of nitrogens with zero attached hydrogens (tertiary/aromatic N) is 2. The van der Waals surface area contributed by atoms with Crippen LogP contribution in [0.5, 0.6) is 0 Å². The average Bonchev–Trinajstić information content (AvgIpc) is 1.85. The van der Waals surface area contributed by atoms with Gasteiger partial charge >= 0.3 is 0 Å². The van der Waals surface area contributed by atoms with Crippen LogP contribution in [0.4, 0.5) is 0 Å². The van der Waals surface area contributed by atoms with Crippen molar-refractivity contribution in [3.8, 4) is 0 Å². The van der Waals surface area contributed by atoms with Crippen molar-refractivity contribution in [1.82, 2.24) is 3.11 Å². The number of rotatable bonds is 4. The second-order valence-corrected chi connectivity index (χ2v) is 3.13. The Hall–Kier alpha value is 0.360. The van der Waals surface area contributed by atoms with Crippen LogP contribution >= 0.6 is 22.9 Å². The third kappa shape index (κ3) is 6.24. The Morgan fingerprint density at radius 1 is 1.67 bits per heavy atom. The molecule has 0 aliphatic rings. The second-order valence-electron chi connectivity index (χ2n) is 1.77. The predicted molar refractivity (Wildman–Crippen MR) is 50.1 cm³/mol. The molecule has 0 aliphatic heterocycles. The largest absolute Gasteiger partial charge is 0.281 e. The Morgan fingerprint density at radius 2 is 2.33 bits per heavy atom. The molecule has 0 aromatic carbocycles. The Kier molecular flexibility index (Phi) is 6.74. The van der Waals surface area contributed by atoms with Gasteiger partial charge in [0.2, 0.25) is 0 Å². The quantitative estimate of drug-likeness (QED) is 0.417. The monoisotopic (exact) mass is 240 g/mol. The fourth-order valence-electron chi connectivity index (χ4n) is 0.484. The molecular formula is C6H13IN2. The lowest BCUT2D eigenvalue weighted by atomic mass is 10.5. The molecule has 0 amide bonds. The molecule has 0 atom stereocenters. The molecule has 0 N–H and O–H groups in total. The first-order valence-electron chi connectivity index (χ1n) is 3.16. The van der Waals surface area contributed by atoms with Gasteiger partial charge in [-0.25, -0.2) is 3.11 Å². The van der Waals surface area contributed by atoms with Crippen molar-refractivity contribution in [2.75, 3.05) is 13.2 Å². The first-order valence-corrected chi connectivity index (χ1v) is 4.13. The Balaban J connectivity index is 3.15. The predicted octanol–water partition coefficient (Wildman–Crippen LogP) is 2.10. The van der Waals surface area contributed by atoms with E-state index in [1.165, 1.54) is 6.42 Å². The number of aliphatic imine (C=N–C) groups is 1. The SMILES string of the molecule is C/C=N\CN(I)CCC. The summed E-state index contributed by atoms with van der Waals surface area (Å²) >= 11 is 2.28. The Labute approximate surface area is 70.8 Å². The topological polar surface area (TPSA) is 15.6 Å². The van der Waals surface area contributed by atoms with Gasteiger partial charge in [0.1, 0.15) is 0 Å². The van der Waals surface area contributed by atoms with E-state index in [4.69, 9.17) is 0 Å². The van der Waals surface area contributed by atoms with Crippen LogP contribution in [0.25, 0.3) is 0 Å². The molecule has 0 aromatic heterocycles. The molecule has 0 aliphatic carbocycles. The first kappa shape index (κ1) is 9.36. The van der Waals surface area contributed by atoms with Gasteiger partial charge in [0.25, 0.3) is 0 Å². The number of hydrogen-bond donors (Lipinski definition) is 0. The molecule has 3 heteroatoms. The van der Waals surface area contributed by atoms with Crippen LogP contribution in [0.1, 0.15) is 20.3 Å². The van der Waals surface area contributed by atoms with Crippen molar-refractivity contribution in [1.29, 1.82) is 0 Å². The molecule has 54 valence electrons. The van der Waals surface area contributed by atoms with E-state index in [0.29, 0.717) is 0 Å². The fraction of sp³-hybridized carbons (Fsp3) is 0.833. The first-order chi connectivity index (χ1) is 4.31. The van der Waals surface area contributed by atoms with Gasteiger partial charge in [0.15, 0.2) is 0 Å². The van der Waals surface area contributed by atoms with Crippen LogP contribution in [0.15, 0.2) is 4.99 Å². The standard InChI is InChI=1S/C6H13IN2/c1-3-5-9(7)6-8-4-2/h4H,3,5-6H2,1-2H3/b8-4-. The van der Waals surface area contributed by atoms with Crippen LogP contribution in [-0.4, -0.2) is 22.5 Å². The summed E-state index contributed by atoms with van der Waals surface area (Å²) in [5.41, 5.74) is 0. The summed E-state index contributed by atoms with van der Waals surface area (Å²) in [6.07, 6.45) is 3.03. The lowest BCUT2D eigenvalue weighted by molar-refractivity contribution is 0.523. The van der Waals surface area contributed by atoms with Gasteiger partial charge in [-0.15, -0.1) is 0 Å². The van der Waals surface area contributed by atoms with Crippen molar-refractivity contribution in [3.05, 3.63) is 0 Å². The highest BCUT2D eigenvalue weighted by Crippen LogP contribution is 1.98. The van der Waals surface area contributed by atoms with E-state index in [2.05, 4.69) is 37.9 Å². The van der Waals surface area contributed by atoms with Crippen LogP contribution in [0, 0.1) is 0 Å². The van der Waals surface area contributed by atoms with Crippen LogP contribution in [0.2, 0.25) is 0 Å². The van der Waals surface area contributed by atoms with Crippen molar-refractivity contribution in [3.63, 3.8) is 0 Å². The number of hydrogen-bond acceptors (Lipinski definition) is 2. The maximum Gasteiger partial charge on any atom is 0.0990 e. The van der Waals surface area contributed by atoms with Gasteiger partial charge in [-0.3, -0.25) is 4.99 Å². The zero-order chi connectivity index (χ0) is 7.11. The molecule has 0 saturated heterocycles. The molecule has 9 heavy (non-hydrogen) atoms. The molecule has 0 bridgehead atoms. The van der Waals surface area contributed by atoms with Gasteiger partial charge < -0.3 is 0 Å². The molecule has 0 aromatic rings. The molecular weight excluding hydrogens is 227 g/mol.